The zero-order valence-electron chi connectivity index (χ0n) is 17.8. The number of rotatable bonds is 8. The fourth-order valence-electron chi connectivity index (χ4n) is 3.50. The first-order valence-corrected chi connectivity index (χ1v) is 12.6. The van der Waals surface area contributed by atoms with E-state index in [0.29, 0.717) is 17.0 Å². The highest BCUT2D eigenvalue weighted by Crippen LogP contribution is 2.29. The van der Waals surface area contributed by atoms with Crippen molar-refractivity contribution in [2.45, 2.75) is 25.8 Å². The summed E-state index contributed by atoms with van der Waals surface area (Å²) >= 11 is 1.41. The van der Waals surface area contributed by atoms with E-state index in [1.807, 2.05) is 48.0 Å². The summed E-state index contributed by atoms with van der Waals surface area (Å²) in [6.45, 7) is 2.83. The van der Waals surface area contributed by atoms with Gasteiger partial charge in [-0.15, -0.1) is 11.3 Å². The molecule has 4 aromatic rings. The van der Waals surface area contributed by atoms with Gasteiger partial charge in [0.2, 0.25) is 10.0 Å². The molecule has 7 nitrogen and oxygen atoms in total. The molecule has 4 rings (SSSR count). The Balaban J connectivity index is 1.51. The molecule has 2 N–H and O–H groups in total. The highest BCUT2D eigenvalue weighted by molar-refractivity contribution is 7.88. The van der Waals surface area contributed by atoms with Crippen LogP contribution in [0.25, 0.3) is 10.2 Å². The number of hydrogen-bond donors (Lipinski definition) is 2. The van der Waals surface area contributed by atoms with Crippen LogP contribution in [0.1, 0.15) is 32.1 Å². The molecule has 2 aromatic carbocycles. The number of aryl methyl sites for hydroxylation is 1. The van der Waals surface area contributed by atoms with E-state index in [1.54, 1.807) is 12.1 Å². The van der Waals surface area contributed by atoms with Crippen molar-refractivity contribution in [3.63, 3.8) is 0 Å². The Bertz CT molecular complexity index is 1360. The number of carbonyl (C=O) groups is 1. The summed E-state index contributed by atoms with van der Waals surface area (Å²) in [5, 5.41) is 8.52. The van der Waals surface area contributed by atoms with Crippen LogP contribution in [-0.2, 0) is 28.9 Å². The lowest BCUT2D eigenvalue weighted by molar-refractivity contribution is 0.0955. The lowest BCUT2D eigenvalue weighted by Gasteiger charge is -2.10. The minimum Gasteiger partial charge on any atom is -0.347 e. The van der Waals surface area contributed by atoms with Crippen molar-refractivity contribution in [1.29, 1.82) is 0 Å². The van der Waals surface area contributed by atoms with Gasteiger partial charge in [0.1, 0.15) is 4.83 Å². The molecular formula is C23H24N4O3S2. The summed E-state index contributed by atoms with van der Waals surface area (Å²) in [6, 6.07) is 19.2. The molecule has 32 heavy (non-hydrogen) atoms. The summed E-state index contributed by atoms with van der Waals surface area (Å²) < 4.78 is 28.1. The third-order valence-corrected chi connectivity index (χ3v) is 7.68. The topological polar surface area (TPSA) is 93.1 Å². The number of fused-ring (bicyclic) bond motifs is 1. The van der Waals surface area contributed by atoms with E-state index in [9.17, 15) is 13.2 Å². The molecule has 0 unspecified atom stereocenters. The third kappa shape index (κ3) is 4.90. The maximum Gasteiger partial charge on any atom is 0.261 e. The van der Waals surface area contributed by atoms with Gasteiger partial charge in [0.25, 0.3) is 5.91 Å². The lowest BCUT2D eigenvalue weighted by atomic mass is 10.1. The molecule has 0 aliphatic heterocycles. The van der Waals surface area contributed by atoms with Crippen LogP contribution in [0, 0.1) is 6.92 Å². The number of thiophene rings is 1. The SMILES string of the molecule is CNS(=O)(=O)Cc1ccccc1CNC(=O)c1cc2c(C)nn(Cc3ccccc3)c2s1. The van der Waals surface area contributed by atoms with Gasteiger partial charge in [-0.3, -0.25) is 9.48 Å². The molecule has 9 heteroatoms. The number of sulfonamides is 1. The maximum absolute atomic E-state index is 12.9. The minimum absolute atomic E-state index is 0.132. The average molecular weight is 469 g/mol. The Labute approximate surface area is 191 Å². The highest BCUT2D eigenvalue weighted by Gasteiger charge is 2.17. The van der Waals surface area contributed by atoms with Gasteiger partial charge in [-0.2, -0.15) is 5.10 Å². The summed E-state index contributed by atoms with van der Waals surface area (Å²) in [7, 11) is -2.01. The molecule has 2 heterocycles. The number of aromatic nitrogens is 2. The molecule has 0 fully saturated rings. The van der Waals surface area contributed by atoms with Crippen LogP contribution >= 0.6 is 11.3 Å². The number of nitrogens with zero attached hydrogens (tertiary/aromatic N) is 2. The largest absolute Gasteiger partial charge is 0.347 e. The van der Waals surface area contributed by atoms with Gasteiger partial charge in [-0.25, -0.2) is 13.1 Å². The fraction of sp³-hybridized carbons (Fsp3) is 0.217. The second-order valence-corrected chi connectivity index (χ2v) is 10.4. The zero-order valence-corrected chi connectivity index (χ0v) is 19.5. The lowest BCUT2D eigenvalue weighted by Crippen LogP contribution is -2.24. The molecule has 0 aliphatic carbocycles. The molecular weight excluding hydrogens is 444 g/mol. The number of amides is 1. The zero-order chi connectivity index (χ0) is 22.7. The fourth-order valence-corrected chi connectivity index (χ4v) is 5.41. The molecule has 0 atom stereocenters. The minimum atomic E-state index is -3.40. The number of hydrogen-bond acceptors (Lipinski definition) is 5. The average Bonchev–Trinajstić information content (AvgIpc) is 3.35. The van der Waals surface area contributed by atoms with Gasteiger partial charge in [0, 0.05) is 11.9 Å². The first-order valence-electron chi connectivity index (χ1n) is 10.1. The van der Waals surface area contributed by atoms with Crippen LogP contribution in [0.4, 0.5) is 0 Å². The van der Waals surface area contributed by atoms with Crippen LogP contribution in [0.2, 0.25) is 0 Å². The first-order chi connectivity index (χ1) is 15.4. The highest BCUT2D eigenvalue weighted by atomic mass is 32.2. The standard InChI is InChI=1S/C23H24N4O3S2/c1-16-20-12-21(31-23(20)27(26-16)14-17-8-4-3-5-9-17)22(28)25-13-18-10-6-7-11-19(18)15-32(29,30)24-2/h3-12,24H,13-15H2,1-2H3,(H,25,28). The number of carbonyl (C=O) groups excluding carboxylic acids is 1. The third-order valence-electron chi connectivity index (χ3n) is 5.22. The van der Waals surface area contributed by atoms with Gasteiger partial charge in [0.15, 0.2) is 0 Å². The smallest absolute Gasteiger partial charge is 0.261 e. The normalized spacial score (nSPS) is 11.7. The van der Waals surface area contributed by atoms with E-state index in [1.165, 1.54) is 18.4 Å². The Morgan fingerprint density at radius 2 is 1.75 bits per heavy atom. The number of nitrogens with one attached hydrogen (secondary N) is 2. The Kier molecular flexibility index (Phi) is 6.40. The monoisotopic (exact) mass is 468 g/mol. The van der Waals surface area contributed by atoms with E-state index in [4.69, 9.17) is 0 Å². The van der Waals surface area contributed by atoms with Crippen molar-refractivity contribution in [2.75, 3.05) is 7.05 Å². The van der Waals surface area contributed by atoms with Gasteiger partial charge >= 0.3 is 0 Å². The Morgan fingerprint density at radius 1 is 1.06 bits per heavy atom. The molecule has 0 radical (unpaired) electrons. The van der Waals surface area contributed by atoms with Crippen LogP contribution in [0.5, 0.6) is 0 Å². The van der Waals surface area contributed by atoms with E-state index in [0.717, 1.165) is 27.0 Å². The van der Waals surface area contributed by atoms with Crippen molar-refractivity contribution in [3.8, 4) is 0 Å². The van der Waals surface area contributed by atoms with E-state index >= 15 is 0 Å². The van der Waals surface area contributed by atoms with Gasteiger partial charge < -0.3 is 5.32 Å². The Hall–Kier alpha value is -3.01. The molecule has 2 aromatic heterocycles. The quantitative estimate of drug-likeness (QED) is 0.414. The molecule has 0 saturated heterocycles. The Morgan fingerprint density at radius 3 is 2.47 bits per heavy atom. The summed E-state index contributed by atoms with van der Waals surface area (Å²) in [5.74, 6) is -0.324. The van der Waals surface area contributed by atoms with Crippen molar-refractivity contribution < 1.29 is 13.2 Å². The first kappa shape index (κ1) is 22.2. The summed E-state index contributed by atoms with van der Waals surface area (Å²) in [6.07, 6.45) is 0. The van der Waals surface area contributed by atoms with Gasteiger partial charge in [-0.1, -0.05) is 54.6 Å². The summed E-state index contributed by atoms with van der Waals surface area (Å²) in [5.41, 5.74) is 3.46. The molecule has 0 saturated carbocycles. The van der Waals surface area contributed by atoms with Gasteiger partial charge in [-0.05, 0) is 36.7 Å². The molecule has 166 valence electrons. The van der Waals surface area contributed by atoms with Crippen molar-refractivity contribution in [2.24, 2.45) is 0 Å². The predicted octanol–water partition coefficient (Wildman–Crippen LogP) is 3.43. The van der Waals surface area contributed by atoms with Crippen LogP contribution in [0.15, 0.2) is 60.7 Å². The van der Waals surface area contributed by atoms with Crippen molar-refractivity contribution >= 4 is 37.5 Å². The second-order valence-electron chi connectivity index (χ2n) is 7.47. The maximum atomic E-state index is 12.9. The van der Waals surface area contributed by atoms with E-state index in [-0.39, 0.29) is 18.2 Å². The van der Waals surface area contributed by atoms with Gasteiger partial charge in [0.05, 0.1) is 22.9 Å². The van der Waals surface area contributed by atoms with E-state index in [2.05, 4.69) is 27.3 Å². The predicted molar refractivity (Wildman–Crippen MR) is 127 cm³/mol. The second kappa shape index (κ2) is 9.23. The van der Waals surface area contributed by atoms with Crippen LogP contribution in [-0.4, -0.2) is 31.2 Å². The van der Waals surface area contributed by atoms with Crippen LogP contribution in [0.3, 0.4) is 0 Å². The molecule has 0 aliphatic rings. The molecule has 0 bridgehead atoms. The van der Waals surface area contributed by atoms with Crippen molar-refractivity contribution in [3.05, 3.63) is 87.9 Å². The van der Waals surface area contributed by atoms with Crippen molar-refractivity contribution in [1.82, 2.24) is 19.8 Å². The van der Waals surface area contributed by atoms with E-state index < -0.39 is 10.0 Å². The number of benzene rings is 2. The summed E-state index contributed by atoms with van der Waals surface area (Å²) in [4.78, 5) is 14.4. The van der Waals surface area contributed by atoms with Crippen LogP contribution < -0.4 is 10.0 Å². The molecule has 1 amide bonds. The molecule has 0 spiro atoms.